The minimum Gasteiger partial charge on any atom is -0.466 e. The van der Waals surface area contributed by atoms with Gasteiger partial charge in [-0.15, -0.1) is 0 Å². The maximum atomic E-state index is 11.5. The summed E-state index contributed by atoms with van der Waals surface area (Å²) in [5.41, 5.74) is 7.75. The van der Waals surface area contributed by atoms with E-state index in [-0.39, 0.29) is 5.97 Å². The van der Waals surface area contributed by atoms with E-state index in [1.807, 2.05) is 19.1 Å². The molecule has 1 aromatic rings. The number of nitrogens with zero attached hydrogens (tertiary/aromatic N) is 1. The molecule has 0 amide bonds. The van der Waals surface area contributed by atoms with Gasteiger partial charge in [0.25, 0.3) is 0 Å². The SMILES string of the molecule is CCOC(=O)CC1CCN(c2ccc(Cl)cc2N)CC1. The molecule has 1 aliphatic heterocycles. The molecule has 0 spiro atoms. The third kappa shape index (κ3) is 3.79. The van der Waals surface area contributed by atoms with E-state index >= 15 is 0 Å². The minimum absolute atomic E-state index is 0.0862. The zero-order chi connectivity index (χ0) is 14.5. The average molecular weight is 297 g/mol. The first kappa shape index (κ1) is 15.0. The highest BCUT2D eigenvalue weighted by atomic mass is 35.5. The van der Waals surface area contributed by atoms with Crippen molar-refractivity contribution in [3.05, 3.63) is 23.2 Å². The van der Waals surface area contributed by atoms with Gasteiger partial charge in [0.2, 0.25) is 0 Å². The van der Waals surface area contributed by atoms with Crippen LogP contribution in [0.25, 0.3) is 0 Å². The topological polar surface area (TPSA) is 55.6 Å². The zero-order valence-electron chi connectivity index (χ0n) is 11.8. The van der Waals surface area contributed by atoms with Gasteiger partial charge >= 0.3 is 5.97 Å². The van der Waals surface area contributed by atoms with E-state index in [2.05, 4.69) is 4.90 Å². The number of piperidine rings is 1. The van der Waals surface area contributed by atoms with Crippen molar-refractivity contribution in [3.8, 4) is 0 Å². The smallest absolute Gasteiger partial charge is 0.306 e. The highest BCUT2D eigenvalue weighted by Gasteiger charge is 2.23. The van der Waals surface area contributed by atoms with Gasteiger partial charge in [-0.1, -0.05) is 11.6 Å². The summed E-state index contributed by atoms with van der Waals surface area (Å²) < 4.78 is 5.00. The first-order chi connectivity index (χ1) is 9.60. The number of halogens is 1. The Balaban J connectivity index is 1.89. The molecule has 1 fully saturated rings. The molecule has 1 aliphatic rings. The van der Waals surface area contributed by atoms with Gasteiger partial charge in [-0.25, -0.2) is 0 Å². The summed E-state index contributed by atoms with van der Waals surface area (Å²) in [5, 5.41) is 0.656. The summed E-state index contributed by atoms with van der Waals surface area (Å²) in [4.78, 5) is 13.7. The predicted molar refractivity (Wildman–Crippen MR) is 82.1 cm³/mol. The molecule has 2 rings (SSSR count). The standard InChI is InChI=1S/C15H21ClN2O2/c1-2-20-15(19)9-11-5-7-18(8-6-11)14-4-3-12(16)10-13(14)17/h3-4,10-11H,2,5-9,17H2,1H3. The van der Waals surface area contributed by atoms with E-state index in [1.54, 1.807) is 6.07 Å². The van der Waals surface area contributed by atoms with Crippen molar-refractivity contribution in [3.63, 3.8) is 0 Å². The molecule has 0 saturated carbocycles. The van der Waals surface area contributed by atoms with E-state index < -0.39 is 0 Å². The van der Waals surface area contributed by atoms with Gasteiger partial charge in [-0.2, -0.15) is 0 Å². The van der Waals surface area contributed by atoms with Gasteiger partial charge in [0, 0.05) is 24.5 Å². The lowest BCUT2D eigenvalue weighted by Gasteiger charge is -2.34. The molecular weight excluding hydrogens is 276 g/mol. The predicted octanol–water partition coefficient (Wildman–Crippen LogP) is 3.09. The molecular formula is C15H21ClN2O2. The van der Waals surface area contributed by atoms with Crippen LogP contribution in [0.2, 0.25) is 5.02 Å². The van der Waals surface area contributed by atoms with E-state index in [1.165, 1.54) is 0 Å². The number of hydrogen-bond donors (Lipinski definition) is 1. The van der Waals surface area contributed by atoms with Crippen molar-refractivity contribution < 1.29 is 9.53 Å². The van der Waals surface area contributed by atoms with Crippen molar-refractivity contribution in [2.45, 2.75) is 26.2 Å². The van der Waals surface area contributed by atoms with Crippen molar-refractivity contribution in [2.75, 3.05) is 30.3 Å². The molecule has 2 N–H and O–H groups in total. The third-order valence-corrected chi connectivity index (χ3v) is 3.94. The molecule has 1 saturated heterocycles. The molecule has 4 nitrogen and oxygen atoms in total. The maximum Gasteiger partial charge on any atom is 0.306 e. The zero-order valence-corrected chi connectivity index (χ0v) is 12.5. The van der Waals surface area contributed by atoms with Crippen molar-refractivity contribution >= 4 is 28.9 Å². The fourth-order valence-corrected chi connectivity index (χ4v) is 2.83. The fraction of sp³-hybridized carbons (Fsp3) is 0.533. The molecule has 0 atom stereocenters. The van der Waals surface area contributed by atoms with Gasteiger partial charge in [-0.05, 0) is 43.9 Å². The number of esters is 1. The lowest BCUT2D eigenvalue weighted by atomic mass is 9.93. The highest BCUT2D eigenvalue weighted by molar-refractivity contribution is 6.31. The maximum absolute atomic E-state index is 11.5. The summed E-state index contributed by atoms with van der Waals surface area (Å²) >= 11 is 5.92. The molecule has 0 aliphatic carbocycles. The normalized spacial score (nSPS) is 16.2. The Hall–Kier alpha value is -1.42. The van der Waals surface area contributed by atoms with E-state index in [0.29, 0.717) is 29.7 Å². The Morgan fingerprint density at radius 1 is 1.45 bits per heavy atom. The van der Waals surface area contributed by atoms with Gasteiger partial charge in [0.1, 0.15) is 0 Å². The Kier molecular flexibility index (Phi) is 5.12. The second-order valence-corrected chi connectivity index (χ2v) is 5.58. The van der Waals surface area contributed by atoms with Crippen LogP contribution in [0.3, 0.4) is 0 Å². The van der Waals surface area contributed by atoms with Gasteiger partial charge < -0.3 is 15.4 Å². The lowest BCUT2D eigenvalue weighted by Crippen LogP contribution is -2.35. The van der Waals surface area contributed by atoms with Crippen LogP contribution >= 0.6 is 11.6 Å². The Bertz CT molecular complexity index is 471. The summed E-state index contributed by atoms with van der Waals surface area (Å²) in [6, 6.07) is 5.60. The first-order valence-electron chi connectivity index (χ1n) is 7.05. The van der Waals surface area contributed by atoms with Gasteiger partial charge in [-0.3, -0.25) is 4.79 Å². The molecule has 0 unspecified atom stereocenters. The van der Waals surface area contributed by atoms with Crippen molar-refractivity contribution in [2.24, 2.45) is 5.92 Å². The third-order valence-electron chi connectivity index (χ3n) is 3.71. The summed E-state index contributed by atoms with van der Waals surface area (Å²) in [5.74, 6) is 0.329. The molecule has 1 aromatic carbocycles. The molecule has 0 radical (unpaired) electrons. The number of anilines is 2. The number of benzene rings is 1. The number of nitrogen functional groups attached to an aromatic ring is 1. The minimum atomic E-state index is -0.0862. The van der Waals surface area contributed by atoms with Crippen molar-refractivity contribution in [1.82, 2.24) is 0 Å². The average Bonchev–Trinajstić information content (AvgIpc) is 2.40. The molecule has 5 heteroatoms. The molecule has 20 heavy (non-hydrogen) atoms. The monoisotopic (exact) mass is 296 g/mol. The Morgan fingerprint density at radius 3 is 2.75 bits per heavy atom. The van der Waals surface area contributed by atoms with Crippen LogP contribution < -0.4 is 10.6 Å². The quantitative estimate of drug-likeness (QED) is 0.685. The Labute approximate surface area is 124 Å². The number of hydrogen-bond acceptors (Lipinski definition) is 4. The van der Waals surface area contributed by atoms with Gasteiger partial charge in [0.05, 0.1) is 18.0 Å². The molecule has 0 bridgehead atoms. The number of nitrogens with two attached hydrogens (primary N) is 1. The van der Waals surface area contributed by atoms with E-state index in [4.69, 9.17) is 22.1 Å². The fourth-order valence-electron chi connectivity index (χ4n) is 2.65. The molecule has 1 heterocycles. The Morgan fingerprint density at radius 2 is 2.15 bits per heavy atom. The summed E-state index contributed by atoms with van der Waals surface area (Å²) in [6.07, 6.45) is 2.50. The van der Waals surface area contributed by atoms with Crippen LogP contribution in [0.15, 0.2) is 18.2 Å². The van der Waals surface area contributed by atoms with Crippen molar-refractivity contribution in [1.29, 1.82) is 0 Å². The first-order valence-corrected chi connectivity index (χ1v) is 7.43. The summed E-state index contributed by atoms with van der Waals surface area (Å²) in [6.45, 7) is 4.12. The molecule has 0 aromatic heterocycles. The van der Waals surface area contributed by atoms with Gasteiger partial charge in [0.15, 0.2) is 0 Å². The van der Waals surface area contributed by atoms with Crippen LogP contribution in [0.5, 0.6) is 0 Å². The highest BCUT2D eigenvalue weighted by Crippen LogP contribution is 2.31. The summed E-state index contributed by atoms with van der Waals surface area (Å²) in [7, 11) is 0. The largest absolute Gasteiger partial charge is 0.466 e. The number of carbonyl (C=O) groups is 1. The van der Waals surface area contributed by atoms with E-state index in [9.17, 15) is 4.79 Å². The number of carbonyl (C=O) groups excluding carboxylic acids is 1. The molecule has 110 valence electrons. The number of rotatable bonds is 4. The second-order valence-electron chi connectivity index (χ2n) is 5.14. The van der Waals surface area contributed by atoms with E-state index in [0.717, 1.165) is 31.6 Å². The lowest BCUT2D eigenvalue weighted by molar-refractivity contribution is -0.144. The van der Waals surface area contributed by atoms with Crippen LogP contribution in [0.1, 0.15) is 26.2 Å². The number of ether oxygens (including phenoxy) is 1. The van der Waals surface area contributed by atoms with Crippen LogP contribution in [-0.4, -0.2) is 25.7 Å². The van der Waals surface area contributed by atoms with Crippen LogP contribution in [0, 0.1) is 5.92 Å². The van der Waals surface area contributed by atoms with Crippen LogP contribution in [0.4, 0.5) is 11.4 Å². The second kappa shape index (κ2) is 6.84. The van der Waals surface area contributed by atoms with Crippen LogP contribution in [-0.2, 0) is 9.53 Å².